The van der Waals surface area contributed by atoms with Gasteiger partial charge in [0.1, 0.15) is 5.01 Å². The van der Waals surface area contributed by atoms with Crippen molar-refractivity contribution in [1.29, 1.82) is 0 Å². The van der Waals surface area contributed by atoms with E-state index in [4.69, 9.17) is 0 Å². The van der Waals surface area contributed by atoms with Crippen LogP contribution in [0.3, 0.4) is 0 Å². The Morgan fingerprint density at radius 1 is 1.48 bits per heavy atom. The second-order valence-electron chi connectivity index (χ2n) is 5.86. The van der Waals surface area contributed by atoms with Crippen LogP contribution in [0.2, 0.25) is 0 Å². The first-order valence-electron chi connectivity index (χ1n) is 8.45. The number of guanidine groups is 1. The molecule has 0 saturated heterocycles. The number of aromatic nitrogens is 1. The van der Waals surface area contributed by atoms with Crippen molar-refractivity contribution >= 4 is 28.1 Å². The fourth-order valence-corrected chi connectivity index (χ4v) is 4.94. The lowest BCUT2D eigenvalue weighted by Crippen LogP contribution is -2.46. The lowest BCUT2D eigenvalue weighted by molar-refractivity contribution is 0.413. The van der Waals surface area contributed by atoms with E-state index < -0.39 is 10.8 Å². The molecule has 2 N–H and O–H groups in total. The number of nitrogens with one attached hydrogen (secondary N) is 2. The Labute approximate surface area is 145 Å². The topological polar surface area (TPSA) is 66.4 Å². The van der Waals surface area contributed by atoms with Crippen molar-refractivity contribution in [3.63, 3.8) is 0 Å². The fourth-order valence-electron chi connectivity index (χ4n) is 2.89. The molecule has 1 fully saturated rings. The monoisotopic (exact) mass is 356 g/mol. The number of rotatable bonds is 6. The third-order valence-corrected chi connectivity index (χ3v) is 6.65. The first kappa shape index (κ1) is 18.4. The van der Waals surface area contributed by atoms with Crippen molar-refractivity contribution in [3.8, 4) is 0 Å². The van der Waals surface area contributed by atoms with Crippen molar-refractivity contribution in [1.82, 2.24) is 15.6 Å². The molecule has 23 heavy (non-hydrogen) atoms. The molecule has 0 bridgehead atoms. The van der Waals surface area contributed by atoms with Gasteiger partial charge in [-0.1, -0.05) is 13.3 Å². The van der Waals surface area contributed by atoms with E-state index >= 15 is 0 Å². The zero-order valence-corrected chi connectivity index (χ0v) is 15.9. The van der Waals surface area contributed by atoms with E-state index in [2.05, 4.69) is 34.5 Å². The van der Waals surface area contributed by atoms with Crippen LogP contribution in [0.4, 0.5) is 0 Å². The van der Waals surface area contributed by atoms with E-state index in [1.807, 2.05) is 13.1 Å². The van der Waals surface area contributed by atoms with Gasteiger partial charge in [-0.2, -0.15) is 0 Å². The van der Waals surface area contributed by atoms with Crippen LogP contribution >= 0.6 is 11.3 Å². The summed E-state index contributed by atoms with van der Waals surface area (Å²) in [5.41, 5.74) is 0. The maximum atomic E-state index is 12.1. The molecule has 1 heterocycles. The summed E-state index contributed by atoms with van der Waals surface area (Å²) in [5.74, 6) is 1.60. The Bertz CT molecular complexity index is 544. The Balaban J connectivity index is 1.93. The molecule has 3 unspecified atom stereocenters. The van der Waals surface area contributed by atoms with E-state index in [1.165, 1.54) is 4.88 Å². The smallest absolute Gasteiger partial charge is 0.191 e. The van der Waals surface area contributed by atoms with E-state index in [-0.39, 0.29) is 0 Å². The molecular formula is C16H28N4OS2. The molecule has 0 amide bonds. The highest BCUT2D eigenvalue weighted by Gasteiger charge is 2.26. The van der Waals surface area contributed by atoms with Gasteiger partial charge in [-0.3, -0.25) is 4.21 Å². The summed E-state index contributed by atoms with van der Waals surface area (Å²) in [6.07, 6.45) is 6.21. The minimum Gasteiger partial charge on any atom is -0.357 e. The lowest BCUT2D eigenvalue weighted by atomic mass is 9.95. The van der Waals surface area contributed by atoms with Crippen LogP contribution in [0, 0.1) is 6.92 Å². The Hall–Kier alpha value is -0.950. The van der Waals surface area contributed by atoms with Crippen molar-refractivity contribution in [3.05, 3.63) is 16.1 Å². The van der Waals surface area contributed by atoms with Crippen LogP contribution < -0.4 is 10.6 Å². The summed E-state index contributed by atoms with van der Waals surface area (Å²) in [6, 6.07) is 0.361. The van der Waals surface area contributed by atoms with E-state index in [0.29, 0.717) is 17.8 Å². The van der Waals surface area contributed by atoms with Crippen LogP contribution in [0.1, 0.15) is 49.4 Å². The van der Waals surface area contributed by atoms with Gasteiger partial charge in [-0.25, -0.2) is 9.98 Å². The normalized spacial score (nSPS) is 23.5. The molecule has 3 atom stereocenters. The minimum atomic E-state index is -0.692. The van der Waals surface area contributed by atoms with Gasteiger partial charge in [0, 0.05) is 45.5 Å². The molecule has 0 aliphatic heterocycles. The summed E-state index contributed by atoms with van der Waals surface area (Å²) >= 11 is 1.69. The van der Waals surface area contributed by atoms with E-state index in [9.17, 15) is 4.21 Å². The average molecular weight is 357 g/mol. The van der Waals surface area contributed by atoms with Gasteiger partial charge < -0.3 is 10.6 Å². The van der Waals surface area contributed by atoms with Gasteiger partial charge in [0.05, 0.1) is 6.54 Å². The van der Waals surface area contributed by atoms with E-state index in [0.717, 1.165) is 48.9 Å². The largest absolute Gasteiger partial charge is 0.357 e. The molecule has 7 heteroatoms. The molecule has 1 saturated carbocycles. The third-order valence-electron chi connectivity index (χ3n) is 4.01. The van der Waals surface area contributed by atoms with Crippen LogP contribution in [0.5, 0.6) is 0 Å². The van der Waals surface area contributed by atoms with Gasteiger partial charge in [0.15, 0.2) is 5.96 Å². The number of aliphatic imine (C=N–C) groups is 1. The lowest BCUT2D eigenvalue weighted by Gasteiger charge is -2.30. The van der Waals surface area contributed by atoms with Crippen LogP contribution in [0.25, 0.3) is 0 Å². The van der Waals surface area contributed by atoms with Crippen LogP contribution in [0.15, 0.2) is 11.2 Å². The van der Waals surface area contributed by atoms with Gasteiger partial charge in [-0.15, -0.1) is 11.3 Å². The molecular weight excluding hydrogens is 328 g/mol. The summed E-state index contributed by atoms with van der Waals surface area (Å²) in [7, 11) is -0.692. The molecule has 2 rings (SSSR count). The maximum absolute atomic E-state index is 12.1. The highest BCUT2D eigenvalue weighted by molar-refractivity contribution is 7.85. The zero-order valence-electron chi connectivity index (χ0n) is 14.3. The first-order chi connectivity index (χ1) is 11.1. The number of nitrogens with zero attached hydrogens (tertiary/aromatic N) is 2. The number of hydrogen-bond acceptors (Lipinski definition) is 4. The van der Waals surface area contributed by atoms with Gasteiger partial charge in [0.2, 0.25) is 0 Å². The minimum absolute atomic E-state index is 0.329. The number of thiazole rings is 1. The molecule has 1 aromatic heterocycles. The molecule has 5 nitrogen and oxygen atoms in total. The predicted octanol–water partition coefficient (Wildman–Crippen LogP) is 2.59. The molecule has 0 aromatic carbocycles. The third kappa shape index (κ3) is 5.88. The molecule has 1 aliphatic rings. The van der Waals surface area contributed by atoms with Gasteiger partial charge in [0.25, 0.3) is 0 Å². The number of aryl methyl sites for hydroxylation is 1. The zero-order chi connectivity index (χ0) is 16.7. The molecule has 1 aliphatic carbocycles. The second-order valence-corrected chi connectivity index (χ2v) is 9.18. The highest BCUT2D eigenvalue weighted by atomic mass is 32.2. The van der Waals surface area contributed by atoms with Gasteiger partial charge in [-0.05, 0) is 33.1 Å². The summed E-state index contributed by atoms with van der Waals surface area (Å²) in [5, 5.41) is 8.19. The van der Waals surface area contributed by atoms with Crippen LogP contribution in [-0.2, 0) is 17.3 Å². The number of hydrogen-bond donors (Lipinski definition) is 2. The Morgan fingerprint density at radius 3 is 2.96 bits per heavy atom. The maximum Gasteiger partial charge on any atom is 0.191 e. The molecule has 0 radical (unpaired) electrons. The molecule has 1 aromatic rings. The van der Waals surface area contributed by atoms with Gasteiger partial charge >= 0.3 is 0 Å². The highest BCUT2D eigenvalue weighted by Crippen LogP contribution is 2.23. The van der Waals surface area contributed by atoms with Crippen molar-refractivity contribution in [2.75, 3.05) is 12.3 Å². The average Bonchev–Trinajstić information content (AvgIpc) is 2.98. The molecule has 130 valence electrons. The Morgan fingerprint density at radius 2 is 2.30 bits per heavy atom. The fraction of sp³-hybridized carbons (Fsp3) is 0.750. The SMILES string of the molecule is CCNC(=NCc1ncc(C)s1)NC1CCCC(S(=O)CC)C1. The summed E-state index contributed by atoms with van der Waals surface area (Å²) < 4.78 is 12.1. The standard InChI is InChI=1S/C16H28N4OS2/c1-4-17-16(19-11-15-18-10-12(3)22-15)20-13-7-6-8-14(9-13)23(21)5-2/h10,13-14H,4-9,11H2,1-3H3,(H2,17,19,20). The van der Waals surface area contributed by atoms with Crippen molar-refractivity contribution in [2.45, 2.75) is 64.3 Å². The second kappa shape index (κ2) is 9.37. The summed E-state index contributed by atoms with van der Waals surface area (Å²) in [6.45, 7) is 7.57. The van der Waals surface area contributed by atoms with Crippen LogP contribution in [-0.4, -0.2) is 38.7 Å². The first-order valence-corrected chi connectivity index (χ1v) is 10.7. The van der Waals surface area contributed by atoms with Crippen molar-refractivity contribution < 1.29 is 4.21 Å². The quantitative estimate of drug-likeness (QED) is 0.607. The Kier molecular flexibility index (Phi) is 7.49. The van der Waals surface area contributed by atoms with Crippen molar-refractivity contribution in [2.24, 2.45) is 4.99 Å². The molecule has 0 spiro atoms. The van der Waals surface area contributed by atoms with E-state index in [1.54, 1.807) is 11.3 Å². The predicted molar refractivity (Wildman–Crippen MR) is 99.5 cm³/mol. The summed E-state index contributed by atoms with van der Waals surface area (Å²) in [4.78, 5) is 10.2.